The van der Waals surface area contributed by atoms with Gasteiger partial charge in [0.25, 0.3) is 0 Å². The van der Waals surface area contributed by atoms with E-state index in [-0.39, 0.29) is 6.42 Å². The largest absolute Gasteiger partial charge is 0.496 e. The van der Waals surface area contributed by atoms with Crippen LogP contribution < -0.4 is 4.74 Å². The third-order valence-corrected chi connectivity index (χ3v) is 3.18. The van der Waals surface area contributed by atoms with Gasteiger partial charge >= 0.3 is 5.97 Å². The highest BCUT2D eigenvalue weighted by Gasteiger charge is 2.16. The average molecular weight is 274 g/mol. The van der Waals surface area contributed by atoms with Gasteiger partial charge in [-0.3, -0.25) is 9.48 Å². The van der Waals surface area contributed by atoms with Gasteiger partial charge in [-0.05, 0) is 37.1 Å². The van der Waals surface area contributed by atoms with Crippen molar-refractivity contribution in [2.75, 3.05) is 7.11 Å². The number of hydrogen-bond acceptors (Lipinski definition) is 3. The van der Waals surface area contributed by atoms with E-state index in [4.69, 9.17) is 9.84 Å². The van der Waals surface area contributed by atoms with Gasteiger partial charge in [0.1, 0.15) is 5.75 Å². The lowest BCUT2D eigenvalue weighted by Gasteiger charge is -2.13. The number of hydrogen-bond donors (Lipinski definition) is 1. The molecule has 106 valence electrons. The zero-order valence-corrected chi connectivity index (χ0v) is 12.1. The summed E-state index contributed by atoms with van der Waals surface area (Å²) in [7, 11) is 3.44. The molecule has 1 aromatic heterocycles. The van der Waals surface area contributed by atoms with E-state index in [1.165, 1.54) is 0 Å². The fraction of sp³-hybridized carbons (Fsp3) is 0.333. The van der Waals surface area contributed by atoms with Crippen LogP contribution in [0.4, 0.5) is 0 Å². The molecule has 5 heteroatoms. The Bertz CT molecular complexity index is 659. The smallest absolute Gasteiger partial charge is 0.309 e. The maximum absolute atomic E-state index is 10.8. The summed E-state index contributed by atoms with van der Waals surface area (Å²) >= 11 is 0. The van der Waals surface area contributed by atoms with Crippen molar-refractivity contribution in [3.63, 3.8) is 0 Å². The topological polar surface area (TPSA) is 64.3 Å². The standard InChI is InChI=1S/C15H18N2O3/c1-9-5-10(2)15(13(6-9)20-4)12-7-11(8-14(18)19)16-17(12)3/h5-7H,8H2,1-4H3,(H,18,19). The van der Waals surface area contributed by atoms with E-state index >= 15 is 0 Å². The quantitative estimate of drug-likeness (QED) is 0.929. The highest BCUT2D eigenvalue weighted by atomic mass is 16.5. The number of carboxylic acids is 1. The van der Waals surface area contributed by atoms with Gasteiger partial charge in [-0.1, -0.05) is 6.07 Å². The fourth-order valence-electron chi connectivity index (χ4n) is 2.42. The minimum absolute atomic E-state index is 0.0823. The summed E-state index contributed by atoms with van der Waals surface area (Å²) in [6.07, 6.45) is -0.0823. The van der Waals surface area contributed by atoms with E-state index in [0.29, 0.717) is 5.69 Å². The molecule has 2 aromatic rings. The van der Waals surface area contributed by atoms with Crippen molar-refractivity contribution < 1.29 is 14.6 Å². The van der Waals surface area contributed by atoms with Gasteiger partial charge in [-0.15, -0.1) is 0 Å². The minimum atomic E-state index is -0.887. The van der Waals surface area contributed by atoms with E-state index < -0.39 is 5.97 Å². The second kappa shape index (κ2) is 5.36. The molecule has 1 heterocycles. The van der Waals surface area contributed by atoms with Crippen molar-refractivity contribution in [1.29, 1.82) is 0 Å². The Morgan fingerprint density at radius 1 is 1.35 bits per heavy atom. The lowest BCUT2D eigenvalue weighted by atomic mass is 10.0. The predicted molar refractivity (Wildman–Crippen MR) is 76.0 cm³/mol. The van der Waals surface area contributed by atoms with Crippen LogP contribution in [0.25, 0.3) is 11.3 Å². The molecule has 0 aliphatic rings. The number of benzene rings is 1. The van der Waals surface area contributed by atoms with Crippen molar-refractivity contribution in [1.82, 2.24) is 9.78 Å². The molecular weight excluding hydrogens is 256 g/mol. The molecule has 0 saturated heterocycles. The first-order valence-corrected chi connectivity index (χ1v) is 6.32. The first kappa shape index (κ1) is 14.1. The third-order valence-electron chi connectivity index (χ3n) is 3.18. The van der Waals surface area contributed by atoms with Crippen LogP contribution in [-0.4, -0.2) is 28.0 Å². The number of ether oxygens (including phenoxy) is 1. The molecule has 5 nitrogen and oxygen atoms in total. The zero-order valence-electron chi connectivity index (χ0n) is 12.1. The predicted octanol–water partition coefficient (Wildman–Crippen LogP) is 2.34. The summed E-state index contributed by atoms with van der Waals surface area (Å²) in [6, 6.07) is 5.84. The zero-order chi connectivity index (χ0) is 14.9. The van der Waals surface area contributed by atoms with Crippen LogP contribution in [0.3, 0.4) is 0 Å². The molecule has 2 rings (SSSR count). The van der Waals surface area contributed by atoms with Crippen LogP contribution in [-0.2, 0) is 18.3 Å². The number of nitrogens with zero attached hydrogens (tertiary/aromatic N) is 2. The van der Waals surface area contributed by atoms with Crippen LogP contribution in [0, 0.1) is 13.8 Å². The molecule has 0 spiro atoms. The normalized spacial score (nSPS) is 10.6. The molecule has 1 N–H and O–H groups in total. The molecule has 1 aromatic carbocycles. The molecule has 0 aliphatic carbocycles. The first-order chi connectivity index (χ1) is 9.42. The Kier molecular flexibility index (Phi) is 3.79. The van der Waals surface area contributed by atoms with Crippen LogP contribution in [0.1, 0.15) is 16.8 Å². The van der Waals surface area contributed by atoms with Crippen LogP contribution in [0.2, 0.25) is 0 Å². The van der Waals surface area contributed by atoms with Gasteiger partial charge in [-0.25, -0.2) is 0 Å². The summed E-state index contributed by atoms with van der Waals surface area (Å²) in [6.45, 7) is 4.02. The number of methoxy groups -OCH3 is 1. The number of carbonyl (C=O) groups is 1. The van der Waals surface area contributed by atoms with Gasteiger partial charge in [-0.2, -0.15) is 5.10 Å². The lowest BCUT2D eigenvalue weighted by Crippen LogP contribution is -2.01. The molecule has 0 unspecified atom stereocenters. The second-order valence-corrected chi connectivity index (χ2v) is 4.87. The highest BCUT2D eigenvalue weighted by Crippen LogP contribution is 2.34. The van der Waals surface area contributed by atoms with Gasteiger partial charge in [0.05, 0.1) is 24.9 Å². The van der Waals surface area contributed by atoms with Crippen LogP contribution in [0.5, 0.6) is 5.75 Å². The van der Waals surface area contributed by atoms with Crippen molar-refractivity contribution in [3.8, 4) is 17.0 Å². The fourth-order valence-corrected chi connectivity index (χ4v) is 2.42. The van der Waals surface area contributed by atoms with E-state index in [0.717, 1.165) is 28.1 Å². The minimum Gasteiger partial charge on any atom is -0.496 e. The van der Waals surface area contributed by atoms with Gasteiger partial charge < -0.3 is 9.84 Å². The van der Waals surface area contributed by atoms with Gasteiger partial charge in [0.15, 0.2) is 0 Å². The summed E-state index contributed by atoms with van der Waals surface area (Å²) in [4.78, 5) is 10.8. The highest BCUT2D eigenvalue weighted by molar-refractivity contribution is 5.74. The molecule has 0 fully saturated rings. The molecule has 0 aliphatic heterocycles. The number of aromatic nitrogens is 2. The first-order valence-electron chi connectivity index (χ1n) is 6.32. The maximum atomic E-state index is 10.8. The summed E-state index contributed by atoms with van der Waals surface area (Å²) in [5, 5.41) is 13.1. The van der Waals surface area contributed by atoms with E-state index in [1.54, 1.807) is 24.9 Å². The second-order valence-electron chi connectivity index (χ2n) is 4.87. The SMILES string of the molecule is COc1cc(C)cc(C)c1-c1cc(CC(=O)O)nn1C. The molecule has 0 bridgehead atoms. The van der Waals surface area contributed by atoms with Crippen LogP contribution in [0.15, 0.2) is 18.2 Å². The average Bonchev–Trinajstić information content (AvgIpc) is 2.67. The molecule has 20 heavy (non-hydrogen) atoms. The van der Waals surface area contributed by atoms with E-state index in [9.17, 15) is 4.79 Å². The maximum Gasteiger partial charge on any atom is 0.309 e. The molecule has 0 atom stereocenters. The van der Waals surface area contributed by atoms with Crippen molar-refractivity contribution in [2.24, 2.45) is 7.05 Å². The lowest BCUT2D eigenvalue weighted by molar-refractivity contribution is -0.136. The molecule has 0 radical (unpaired) electrons. The number of aryl methyl sites for hydroxylation is 3. The number of aliphatic carboxylic acids is 1. The monoisotopic (exact) mass is 274 g/mol. The Morgan fingerprint density at radius 2 is 2.05 bits per heavy atom. The third kappa shape index (κ3) is 2.66. The van der Waals surface area contributed by atoms with Crippen molar-refractivity contribution in [3.05, 3.63) is 35.0 Å². The van der Waals surface area contributed by atoms with Gasteiger partial charge in [0.2, 0.25) is 0 Å². The van der Waals surface area contributed by atoms with Crippen LogP contribution >= 0.6 is 0 Å². The summed E-state index contributed by atoms with van der Waals surface area (Å²) in [5.74, 6) is -0.116. The van der Waals surface area contributed by atoms with Crippen molar-refractivity contribution in [2.45, 2.75) is 20.3 Å². The Hall–Kier alpha value is -2.30. The van der Waals surface area contributed by atoms with Gasteiger partial charge in [0, 0.05) is 12.6 Å². The number of carboxylic acid groups (broad SMARTS) is 1. The van der Waals surface area contributed by atoms with E-state index in [2.05, 4.69) is 11.2 Å². The van der Waals surface area contributed by atoms with Crippen molar-refractivity contribution >= 4 is 5.97 Å². The Balaban J connectivity index is 2.56. The van der Waals surface area contributed by atoms with E-state index in [1.807, 2.05) is 19.9 Å². The Morgan fingerprint density at radius 3 is 2.65 bits per heavy atom. The Labute approximate surface area is 117 Å². The molecular formula is C15H18N2O3. The molecule has 0 amide bonds. The summed E-state index contributed by atoms with van der Waals surface area (Å²) < 4.78 is 7.14. The molecule has 0 saturated carbocycles. The number of rotatable bonds is 4. The summed E-state index contributed by atoms with van der Waals surface area (Å²) in [5.41, 5.74) is 4.54.